The quantitative estimate of drug-likeness (QED) is 0.661. The molecular weight excluding hydrogens is 370 g/mol. The van der Waals surface area contributed by atoms with Crippen LogP contribution in [0, 0.1) is 0 Å². The monoisotopic (exact) mass is 397 g/mol. The van der Waals surface area contributed by atoms with Crippen LogP contribution < -0.4 is 14.4 Å². The molecule has 0 aromatic heterocycles. The van der Waals surface area contributed by atoms with Gasteiger partial charge in [0.2, 0.25) is 0 Å². The third-order valence-electron chi connectivity index (χ3n) is 5.30. The summed E-state index contributed by atoms with van der Waals surface area (Å²) in [6.45, 7) is 4.19. The number of hydrogen-bond acceptors (Lipinski definition) is 5. The Bertz CT molecular complexity index is 875. The zero-order valence-corrected chi connectivity index (χ0v) is 17.0. The van der Waals surface area contributed by atoms with E-state index in [-0.39, 0.29) is 5.91 Å². The van der Waals surface area contributed by atoms with Crippen LogP contribution in [0.5, 0.6) is 11.5 Å². The number of benzene rings is 2. The van der Waals surface area contributed by atoms with Crippen LogP contribution in [0.25, 0.3) is 0 Å². The summed E-state index contributed by atoms with van der Waals surface area (Å²) in [4.78, 5) is 15.1. The molecule has 154 valence electrons. The molecule has 0 atom stereocenters. The molecule has 0 aliphatic carbocycles. The van der Waals surface area contributed by atoms with Gasteiger partial charge in [-0.3, -0.25) is 4.79 Å². The number of carbonyl (C=O) groups excluding carboxylic acids is 1. The SMILES string of the molecule is CCCCOc1ccc(CN2C(=O)C3(OCCCO3)c3ccccc32)cc1OC. The second kappa shape index (κ2) is 8.43. The van der Waals surface area contributed by atoms with Crippen LogP contribution in [-0.4, -0.2) is 32.8 Å². The summed E-state index contributed by atoms with van der Waals surface area (Å²) in [5.74, 6) is -0.116. The van der Waals surface area contributed by atoms with Crippen molar-refractivity contribution in [3.63, 3.8) is 0 Å². The topological polar surface area (TPSA) is 57.2 Å². The molecular formula is C23H27NO5. The summed E-state index contributed by atoms with van der Waals surface area (Å²) in [7, 11) is 1.63. The predicted molar refractivity (Wildman–Crippen MR) is 109 cm³/mol. The van der Waals surface area contributed by atoms with E-state index in [0.29, 0.717) is 37.9 Å². The van der Waals surface area contributed by atoms with Crippen molar-refractivity contribution in [3.8, 4) is 11.5 Å². The van der Waals surface area contributed by atoms with Crippen LogP contribution in [0.2, 0.25) is 0 Å². The molecule has 1 spiro atoms. The highest BCUT2D eigenvalue weighted by atomic mass is 16.7. The van der Waals surface area contributed by atoms with E-state index in [1.54, 1.807) is 12.0 Å². The van der Waals surface area contributed by atoms with Crippen LogP contribution in [0.4, 0.5) is 5.69 Å². The average Bonchev–Trinajstić information content (AvgIpc) is 2.98. The lowest BCUT2D eigenvalue weighted by molar-refractivity contribution is -0.256. The number of amides is 1. The zero-order chi connectivity index (χ0) is 20.3. The second-order valence-corrected chi connectivity index (χ2v) is 7.26. The molecule has 2 heterocycles. The van der Waals surface area contributed by atoms with E-state index in [1.807, 2.05) is 42.5 Å². The van der Waals surface area contributed by atoms with Gasteiger partial charge in [0.25, 0.3) is 11.7 Å². The molecule has 2 aromatic rings. The third kappa shape index (κ3) is 3.58. The summed E-state index contributed by atoms with van der Waals surface area (Å²) >= 11 is 0. The first-order chi connectivity index (χ1) is 14.2. The first-order valence-electron chi connectivity index (χ1n) is 10.2. The number of para-hydroxylation sites is 1. The van der Waals surface area contributed by atoms with Gasteiger partial charge in [0.15, 0.2) is 11.5 Å². The Morgan fingerprint density at radius 3 is 2.66 bits per heavy atom. The lowest BCUT2D eigenvalue weighted by Crippen LogP contribution is -2.47. The van der Waals surface area contributed by atoms with Gasteiger partial charge in [-0.2, -0.15) is 0 Å². The number of nitrogens with zero attached hydrogens (tertiary/aromatic N) is 1. The molecule has 1 amide bonds. The van der Waals surface area contributed by atoms with Gasteiger partial charge in [0.05, 0.1) is 39.2 Å². The van der Waals surface area contributed by atoms with Crippen molar-refractivity contribution in [1.29, 1.82) is 0 Å². The van der Waals surface area contributed by atoms with Crippen LogP contribution in [-0.2, 0) is 26.6 Å². The van der Waals surface area contributed by atoms with Crippen molar-refractivity contribution < 1.29 is 23.7 Å². The average molecular weight is 397 g/mol. The fourth-order valence-corrected chi connectivity index (χ4v) is 3.80. The maximum atomic E-state index is 13.4. The number of rotatable bonds is 7. The second-order valence-electron chi connectivity index (χ2n) is 7.26. The smallest absolute Gasteiger partial charge is 0.292 e. The fourth-order valence-electron chi connectivity index (χ4n) is 3.80. The summed E-state index contributed by atoms with van der Waals surface area (Å²) in [5, 5.41) is 0. The minimum atomic E-state index is -1.32. The van der Waals surface area contributed by atoms with Crippen molar-refractivity contribution >= 4 is 11.6 Å². The number of fused-ring (bicyclic) bond motifs is 2. The van der Waals surface area contributed by atoms with E-state index in [1.165, 1.54) is 0 Å². The lowest BCUT2D eigenvalue weighted by atomic mass is 10.1. The third-order valence-corrected chi connectivity index (χ3v) is 5.30. The van der Waals surface area contributed by atoms with Gasteiger partial charge in [0, 0.05) is 5.56 Å². The molecule has 1 fully saturated rings. The maximum absolute atomic E-state index is 13.4. The molecule has 6 nitrogen and oxygen atoms in total. The Morgan fingerprint density at radius 2 is 1.90 bits per heavy atom. The van der Waals surface area contributed by atoms with Crippen molar-refractivity contribution in [3.05, 3.63) is 53.6 Å². The first kappa shape index (κ1) is 19.7. The van der Waals surface area contributed by atoms with Gasteiger partial charge < -0.3 is 23.8 Å². The highest BCUT2D eigenvalue weighted by Gasteiger charge is 2.54. The Hall–Kier alpha value is -2.57. The van der Waals surface area contributed by atoms with Gasteiger partial charge in [0.1, 0.15) is 0 Å². The number of carbonyl (C=O) groups is 1. The first-order valence-corrected chi connectivity index (χ1v) is 10.2. The molecule has 1 saturated heterocycles. The summed E-state index contributed by atoms with van der Waals surface area (Å²) < 4.78 is 23.1. The zero-order valence-electron chi connectivity index (χ0n) is 17.0. The largest absolute Gasteiger partial charge is 0.493 e. The van der Waals surface area contributed by atoms with Crippen molar-refractivity contribution in [1.82, 2.24) is 0 Å². The van der Waals surface area contributed by atoms with Crippen LogP contribution in [0.3, 0.4) is 0 Å². The van der Waals surface area contributed by atoms with Gasteiger partial charge in [-0.1, -0.05) is 37.6 Å². The van der Waals surface area contributed by atoms with Crippen molar-refractivity contribution in [2.75, 3.05) is 31.8 Å². The molecule has 0 N–H and O–H groups in total. The summed E-state index contributed by atoms with van der Waals surface area (Å²) in [6.07, 6.45) is 2.85. The molecule has 0 unspecified atom stereocenters. The van der Waals surface area contributed by atoms with Gasteiger partial charge in [-0.15, -0.1) is 0 Å². The highest BCUT2D eigenvalue weighted by molar-refractivity contribution is 6.06. The van der Waals surface area contributed by atoms with Crippen LogP contribution in [0.1, 0.15) is 37.3 Å². The van der Waals surface area contributed by atoms with Crippen LogP contribution >= 0.6 is 0 Å². The minimum absolute atomic E-state index is 0.180. The molecule has 2 aromatic carbocycles. The highest BCUT2D eigenvalue weighted by Crippen LogP contribution is 2.45. The Labute approximate surface area is 171 Å². The normalized spacial score (nSPS) is 17.4. The Morgan fingerprint density at radius 1 is 1.10 bits per heavy atom. The van der Waals surface area contributed by atoms with Gasteiger partial charge in [-0.05, 0) is 36.6 Å². The number of ether oxygens (including phenoxy) is 4. The van der Waals surface area contributed by atoms with E-state index in [9.17, 15) is 4.79 Å². The van der Waals surface area contributed by atoms with E-state index in [4.69, 9.17) is 18.9 Å². The molecule has 29 heavy (non-hydrogen) atoms. The molecule has 0 bridgehead atoms. The standard InChI is InChI=1S/C23H27NO5/c1-3-4-12-27-20-11-10-17(15-21(20)26-2)16-24-19-9-6-5-8-18(19)23(22(24)25)28-13-7-14-29-23/h5-6,8-11,15H,3-4,7,12-14,16H2,1-2H3. The van der Waals surface area contributed by atoms with E-state index in [2.05, 4.69) is 6.92 Å². The fraction of sp³-hybridized carbons (Fsp3) is 0.435. The van der Waals surface area contributed by atoms with Gasteiger partial charge in [-0.25, -0.2) is 0 Å². The van der Waals surface area contributed by atoms with Gasteiger partial charge >= 0.3 is 0 Å². The Balaban J connectivity index is 1.60. The molecule has 2 aliphatic heterocycles. The number of hydrogen-bond donors (Lipinski definition) is 0. The van der Waals surface area contributed by atoms with E-state index < -0.39 is 5.79 Å². The number of methoxy groups -OCH3 is 1. The van der Waals surface area contributed by atoms with Crippen LogP contribution in [0.15, 0.2) is 42.5 Å². The number of unbranched alkanes of at least 4 members (excludes halogenated alkanes) is 1. The van der Waals surface area contributed by atoms with E-state index >= 15 is 0 Å². The summed E-state index contributed by atoms with van der Waals surface area (Å²) in [5.41, 5.74) is 2.54. The molecule has 0 saturated carbocycles. The predicted octanol–water partition coefficient (Wildman–Crippen LogP) is 4.01. The van der Waals surface area contributed by atoms with Crippen molar-refractivity contribution in [2.45, 2.75) is 38.5 Å². The maximum Gasteiger partial charge on any atom is 0.292 e. The molecule has 4 rings (SSSR count). The Kier molecular flexibility index (Phi) is 5.74. The molecule has 0 radical (unpaired) electrons. The molecule has 6 heteroatoms. The van der Waals surface area contributed by atoms with Crippen molar-refractivity contribution in [2.24, 2.45) is 0 Å². The lowest BCUT2D eigenvalue weighted by Gasteiger charge is -2.32. The van der Waals surface area contributed by atoms with E-state index in [0.717, 1.165) is 36.1 Å². The number of anilines is 1. The molecule has 2 aliphatic rings. The summed E-state index contributed by atoms with van der Waals surface area (Å²) in [6, 6.07) is 13.5. The minimum Gasteiger partial charge on any atom is -0.493 e.